The smallest absolute Gasteiger partial charge is 0.159 e. The van der Waals surface area contributed by atoms with Gasteiger partial charge in [0.15, 0.2) is 6.29 Å². The first kappa shape index (κ1) is 18.4. The molecule has 4 atom stereocenters. The topological polar surface area (TPSA) is 39.7 Å². The Bertz CT molecular complexity index is 576. The highest BCUT2D eigenvalue weighted by Crippen LogP contribution is 2.43. The third kappa shape index (κ3) is 4.14. The molecular weight excluding hydrogens is 326 g/mol. The summed E-state index contributed by atoms with van der Waals surface area (Å²) in [7, 11) is 0. The van der Waals surface area contributed by atoms with E-state index in [0.717, 1.165) is 38.7 Å². The number of benzene rings is 1. The number of hydrogen-bond acceptors (Lipinski definition) is 4. The van der Waals surface area contributed by atoms with Crippen LogP contribution in [-0.2, 0) is 20.6 Å². The van der Waals surface area contributed by atoms with Crippen molar-refractivity contribution in [2.24, 2.45) is 11.8 Å². The van der Waals surface area contributed by atoms with Crippen molar-refractivity contribution < 1.29 is 14.2 Å². The Labute approximate surface area is 157 Å². The van der Waals surface area contributed by atoms with Crippen molar-refractivity contribution in [2.75, 3.05) is 19.8 Å². The van der Waals surface area contributed by atoms with Crippen molar-refractivity contribution in [3.05, 3.63) is 35.9 Å². The summed E-state index contributed by atoms with van der Waals surface area (Å²) in [5.74, 6) is 1.41. The van der Waals surface area contributed by atoms with Gasteiger partial charge < -0.3 is 14.2 Å². The Morgan fingerprint density at radius 3 is 2.42 bits per heavy atom. The van der Waals surface area contributed by atoms with Gasteiger partial charge in [-0.25, -0.2) is 0 Å². The summed E-state index contributed by atoms with van der Waals surface area (Å²) >= 11 is 0. The minimum Gasteiger partial charge on any atom is -0.359 e. The first-order chi connectivity index (χ1) is 12.6. The maximum atomic E-state index is 6.51. The molecule has 1 aliphatic carbocycles. The highest BCUT2D eigenvalue weighted by atomic mass is 16.7. The standard InChI is InChI=1S/C22H33NO3/c1-17-12-18(2)14-22(13-17)23-21(16-26-22,15-20-24-10-11-25-20)9-8-19-6-4-3-5-7-19/h3-7,17-18,20,23H,8-16H2,1-2H3/t17-,18+,21?,22?. The highest BCUT2D eigenvalue weighted by Gasteiger charge is 2.52. The molecule has 4 heteroatoms. The van der Waals surface area contributed by atoms with Gasteiger partial charge in [0.25, 0.3) is 0 Å². The molecule has 1 aromatic carbocycles. The van der Waals surface area contributed by atoms with E-state index < -0.39 is 0 Å². The molecule has 3 aliphatic rings. The Kier molecular flexibility index (Phi) is 5.38. The van der Waals surface area contributed by atoms with Crippen LogP contribution in [0.2, 0.25) is 0 Å². The summed E-state index contributed by atoms with van der Waals surface area (Å²) in [4.78, 5) is 0. The second kappa shape index (κ2) is 7.59. The minimum absolute atomic E-state index is 0.0678. The second-order valence-corrected chi connectivity index (χ2v) is 8.90. The van der Waals surface area contributed by atoms with Crippen LogP contribution in [0.3, 0.4) is 0 Å². The molecule has 1 saturated carbocycles. The molecule has 2 unspecified atom stereocenters. The van der Waals surface area contributed by atoms with Crippen LogP contribution in [0.15, 0.2) is 30.3 Å². The fraction of sp³-hybridized carbons (Fsp3) is 0.727. The van der Waals surface area contributed by atoms with E-state index in [-0.39, 0.29) is 17.6 Å². The van der Waals surface area contributed by atoms with Crippen molar-refractivity contribution in [3.63, 3.8) is 0 Å². The third-order valence-corrected chi connectivity index (χ3v) is 6.26. The van der Waals surface area contributed by atoms with Crippen molar-refractivity contribution in [2.45, 2.75) is 69.9 Å². The maximum Gasteiger partial charge on any atom is 0.159 e. The summed E-state index contributed by atoms with van der Waals surface area (Å²) in [6, 6.07) is 10.8. The van der Waals surface area contributed by atoms with Gasteiger partial charge in [-0.1, -0.05) is 44.2 Å². The summed E-state index contributed by atoms with van der Waals surface area (Å²) < 4.78 is 18.1. The van der Waals surface area contributed by atoms with Gasteiger partial charge in [0.05, 0.1) is 19.8 Å². The van der Waals surface area contributed by atoms with Crippen molar-refractivity contribution in [1.82, 2.24) is 5.32 Å². The lowest BCUT2D eigenvalue weighted by atomic mass is 9.77. The van der Waals surface area contributed by atoms with E-state index in [0.29, 0.717) is 25.0 Å². The molecule has 3 fully saturated rings. The molecule has 0 amide bonds. The molecule has 0 radical (unpaired) electrons. The fourth-order valence-electron chi connectivity index (χ4n) is 5.33. The van der Waals surface area contributed by atoms with Crippen LogP contribution < -0.4 is 5.32 Å². The number of ether oxygens (including phenoxy) is 3. The van der Waals surface area contributed by atoms with E-state index in [2.05, 4.69) is 49.5 Å². The van der Waals surface area contributed by atoms with Gasteiger partial charge in [-0.3, -0.25) is 5.32 Å². The highest BCUT2D eigenvalue weighted by molar-refractivity contribution is 5.16. The van der Waals surface area contributed by atoms with E-state index in [1.165, 1.54) is 12.0 Å². The van der Waals surface area contributed by atoms with Crippen LogP contribution in [0.4, 0.5) is 0 Å². The molecule has 2 heterocycles. The first-order valence-electron chi connectivity index (χ1n) is 10.3. The SMILES string of the molecule is C[C@@H]1C[C@H](C)CC2(C1)NC(CCc1ccccc1)(CC1OCCO1)CO2. The zero-order valence-electron chi connectivity index (χ0n) is 16.2. The average Bonchev–Trinajstić information content (AvgIpc) is 3.22. The Hall–Kier alpha value is -0.940. The van der Waals surface area contributed by atoms with Gasteiger partial charge in [-0.05, 0) is 49.5 Å². The van der Waals surface area contributed by atoms with Gasteiger partial charge in [0, 0.05) is 12.0 Å². The molecule has 2 aliphatic heterocycles. The van der Waals surface area contributed by atoms with Gasteiger partial charge in [-0.2, -0.15) is 0 Å². The maximum absolute atomic E-state index is 6.51. The predicted octanol–water partition coefficient (Wildman–Crippen LogP) is 3.89. The lowest BCUT2D eigenvalue weighted by molar-refractivity contribution is -0.0660. The molecular formula is C22H33NO3. The van der Waals surface area contributed by atoms with Crippen molar-refractivity contribution in [3.8, 4) is 0 Å². The van der Waals surface area contributed by atoms with E-state index in [1.54, 1.807) is 0 Å². The number of rotatable bonds is 5. The minimum atomic E-state index is -0.160. The van der Waals surface area contributed by atoms with Crippen molar-refractivity contribution >= 4 is 0 Å². The number of nitrogens with one attached hydrogen (secondary N) is 1. The largest absolute Gasteiger partial charge is 0.359 e. The normalized spacial score (nSPS) is 38.2. The van der Waals surface area contributed by atoms with Crippen LogP contribution in [0, 0.1) is 11.8 Å². The van der Waals surface area contributed by atoms with Crippen molar-refractivity contribution in [1.29, 1.82) is 0 Å². The van der Waals surface area contributed by atoms with Crippen LogP contribution in [0.25, 0.3) is 0 Å². The van der Waals surface area contributed by atoms with Gasteiger partial charge in [-0.15, -0.1) is 0 Å². The van der Waals surface area contributed by atoms with E-state index in [9.17, 15) is 0 Å². The monoisotopic (exact) mass is 359 g/mol. The molecule has 1 aromatic rings. The lowest BCUT2D eigenvalue weighted by Gasteiger charge is -2.41. The zero-order valence-corrected chi connectivity index (χ0v) is 16.2. The van der Waals surface area contributed by atoms with Crippen LogP contribution >= 0.6 is 0 Å². The summed E-state index contributed by atoms with van der Waals surface area (Å²) in [6.45, 7) is 6.88. The van der Waals surface area contributed by atoms with E-state index >= 15 is 0 Å². The quantitative estimate of drug-likeness (QED) is 0.866. The van der Waals surface area contributed by atoms with Crippen LogP contribution in [0.5, 0.6) is 0 Å². The van der Waals surface area contributed by atoms with E-state index in [1.807, 2.05) is 0 Å². The molecule has 4 nitrogen and oxygen atoms in total. The molecule has 1 spiro atoms. The number of aryl methyl sites for hydroxylation is 1. The summed E-state index contributed by atoms with van der Waals surface area (Å²) in [5, 5.41) is 4.00. The molecule has 4 rings (SSSR count). The first-order valence-corrected chi connectivity index (χ1v) is 10.3. The van der Waals surface area contributed by atoms with Gasteiger partial charge in [0.2, 0.25) is 0 Å². The molecule has 26 heavy (non-hydrogen) atoms. The van der Waals surface area contributed by atoms with Crippen LogP contribution in [-0.4, -0.2) is 37.4 Å². The molecule has 0 bridgehead atoms. The van der Waals surface area contributed by atoms with Gasteiger partial charge >= 0.3 is 0 Å². The summed E-state index contributed by atoms with van der Waals surface area (Å²) in [6.07, 6.45) is 6.38. The molecule has 0 aromatic heterocycles. The summed E-state index contributed by atoms with van der Waals surface area (Å²) in [5.41, 5.74) is 1.15. The molecule has 144 valence electrons. The van der Waals surface area contributed by atoms with Crippen LogP contribution in [0.1, 0.15) is 51.5 Å². The lowest BCUT2D eigenvalue weighted by Crippen LogP contribution is -2.55. The molecule has 2 saturated heterocycles. The zero-order chi connectivity index (χ0) is 18.0. The van der Waals surface area contributed by atoms with E-state index in [4.69, 9.17) is 14.2 Å². The molecule has 1 N–H and O–H groups in total. The Morgan fingerprint density at radius 1 is 1.04 bits per heavy atom. The fourth-order valence-corrected chi connectivity index (χ4v) is 5.33. The number of hydrogen-bond donors (Lipinski definition) is 1. The Morgan fingerprint density at radius 2 is 1.73 bits per heavy atom. The predicted molar refractivity (Wildman–Crippen MR) is 102 cm³/mol. The van der Waals surface area contributed by atoms with Gasteiger partial charge in [0.1, 0.15) is 5.72 Å². The third-order valence-electron chi connectivity index (χ3n) is 6.26. The Balaban J connectivity index is 1.49. The second-order valence-electron chi connectivity index (χ2n) is 8.90. The average molecular weight is 360 g/mol.